The molecule has 0 heterocycles. The minimum Gasteiger partial charge on any atom is -0.411 e. The number of rotatable bonds is 2. The van der Waals surface area contributed by atoms with Gasteiger partial charge in [0.05, 0.1) is 6.21 Å². The van der Waals surface area contributed by atoms with Gasteiger partial charge in [-0.1, -0.05) is 38.4 Å². The van der Waals surface area contributed by atoms with Crippen LogP contribution in [0.25, 0.3) is 0 Å². The van der Waals surface area contributed by atoms with E-state index < -0.39 is 0 Å². The monoisotopic (exact) mass is 242 g/mol. The third kappa shape index (κ3) is 2.55. The van der Waals surface area contributed by atoms with Gasteiger partial charge in [0.25, 0.3) is 0 Å². The normalized spacial score (nSPS) is 12.2. The molecule has 1 rings (SSSR count). The second-order valence-corrected chi connectivity index (χ2v) is 3.15. The highest BCUT2D eigenvalue weighted by atomic mass is 79.9. The molecular weight excluding hydrogens is 236 g/mol. The number of oxime groups is 2. The molecule has 1 aromatic carbocycles. The van der Waals surface area contributed by atoms with Gasteiger partial charge in [0.15, 0.2) is 0 Å². The summed E-state index contributed by atoms with van der Waals surface area (Å²) in [6, 6.07) is 7.07. The molecule has 0 saturated heterocycles. The molecule has 5 heteroatoms. The SMILES string of the molecule is O/N=C/C(=N/O)c1ccc(Br)cc1. The van der Waals surface area contributed by atoms with Crippen molar-refractivity contribution in [2.45, 2.75) is 0 Å². The molecule has 0 amide bonds. The van der Waals surface area contributed by atoms with Crippen LogP contribution in [-0.2, 0) is 0 Å². The van der Waals surface area contributed by atoms with Crippen LogP contribution < -0.4 is 0 Å². The summed E-state index contributed by atoms with van der Waals surface area (Å²) in [6.07, 6.45) is 1.06. The van der Waals surface area contributed by atoms with E-state index >= 15 is 0 Å². The maximum absolute atomic E-state index is 8.55. The molecule has 0 aliphatic rings. The smallest absolute Gasteiger partial charge is 0.131 e. The average Bonchev–Trinajstić information content (AvgIpc) is 2.16. The highest BCUT2D eigenvalue weighted by Gasteiger charge is 2.00. The lowest BCUT2D eigenvalue weighted by Crippen LogP contribution is -2.01. The molecule has 4 nitrogen and oxygen atoms in total. The van der Waals surface area contributed by atoms with Crippen LogP contribution in [0.3, 0.4) is 0 Å². The molecular formula is C8H7BrN2O2. The fourth-order valence-corrected chi connectivity index (χ4v) is 1.10. The van der Waals surface area contributed by atoms with Crippen molar-refractivity contribution in [3.8, 4) is 0 Å². The van der Waals surface area contributed by atoms with Gasteiger partial charge in [0.1, 0.15) is 5.71 Å². The molecule has 13 heavy (non-hydrogen) atoms. The van der Waals surface area contributed by atoms with Crippen molar-refractivity contribution in [2.75, 3.05) is 0 Å². The lowest BCUT2D eigenvalue weighted by atomic mass is 10.1. The average molecular weight is 243 g/mol. The third-order valence-electron chi connectivity index (χ3n) is 1.43. The van der Waals surface area contributed by atoms with Crippen LogP contribution in [-0.4, -0.2) is 22.3 Å². The first-order chi connectivity index (χ1) is 6.27. The van der Waals surface area contributed by atoms with Gasteiger partial charge in [-0.15, -0.1) is 0 Å². The first kappa shape index (κ1) is 9.73. The largest absolute Gasteiger partial charge is 0.411 e. The summed E-state index contributed by atoms with van der Waals surface area (Å²) >= 11 is 3.27. The minimum atomic E-state index is 0.204. The summed E-state index contributed by atoms with van der Waals surface area (Å²) in [5.74, 6) is 0. The van der Waals surface area contributed by atoms with E-state index in [4.69, 9.17) is 10.4 Å². The van der Waals surface area contributed by atoms with Gasteiger partial charge < -0.3 is 10.4 Å². The van der Waals surface area contributed by atoms with Crippen LogP contribution in [0.2, 0.25) is 0 Å². The van der Waals surface area contributed by atoms with Gasteiger partial charge in [-0.2, -0.15) is 0 Å². The molecule has 0 unspecified atom stereocenters. The van der Waals surface area contributed by atoms with Gasteiger partial charge in [-0.3, -0.25) is 0 Å². The maximum atomic E-state index is 8.55. The van der Waals surface area contributed by atoms with E-state index in [1.165, 1.54) is 0 Å². The van der Waals surface area contributed by atoms with Crippen molar-refractivity contribution in [2.24, 2.45) is 10.3 Å². The molecule has 0 aromatic heterocycles. The Kier molecular flexibility index (Phi) is 3.45. The Bertz CT molecular complexity index is 333. The fourth-order valence-electron chi connectivity index (χ4n) is 0.833. The summed E-state index contributed by atoms with van der Waals surface area (Å²) in [4.78, 5) is 0. The van der Waals surface area contributed by atoms with Crippen LogP contribution in [0.1, 0.15) is 5.56 Å². The fraction of sp³-hybridized carbons (Fsp3) is 0. The molecule has 1 aromatic rings. The minimum absolute atomic E-state index is 0.204. The van der Waals surface area contributed by atoms with Crippen molar-refractivity contribution >= 4 is 27.9 Å². The van der Waals surface area contributed by atoms with E-state index in [-0.39, 0.29) is 5.71 Å². The predicted molar refractivity (Wildman–Crippen MR) is 52.7 cm³/mol. The third-order valence-corrected chi connectivity index (χ3v) is 1.96. The van der Waals surface area contributed by atoms with Crippen LogP contribution in [0.4, 0.5) is 0 Å². The van der Waals surface area contributed by atoms with Gasteiger partial charge in [0.2, 0.25) is 0 Å². The number of benzene rings is 1. The van der Waals surface area contributed by atoms with Crippen LogP contribution in [0.15, 0.2) is 39.0 Å². The number of hydrogen-bond acceptors (Lipinski definition) is 4. The Morgan fingerprint density at radius 3 is 2.31 bits per heavy atom. The lowest BCUT2D eigenvalue weighted by molar-refractivity contribution is 0.316. The first-order valence-corrected chi connectivity index (χ1v) is 4.22. The maximum Gasteiger partial charge on any atom is 0.131 e. The van der Waals surface area contributed by atoms with E-state index in [1.807, 2.05) is 0 Å². The summed E-state index contributed by atoms with van der Waals surface area (Å²) in [5.41, 5.74) is 0.874. The van der Waals surface area contributed by atoms with Crippen molar-refractivity contribution in [1.29, 1.82) is 0 Å². The lowest BCUT2D eigenvalue weighted by Gasteiger charge is -1.97. The Balaban J connectivity index is 3.00. The van der Waals surface area contributed by atoms with Crippen LogP contribution in [0, 0.1) is 0 Å². The summed E-state index contributed by atoms with van der Waals surface area (Å²) < 4.78 is 0.925. The zero-order valence-corrected chi connectivity index (χ0v) is 8.14. The quantitative estimate of drug-likeness (QED) is 0.474. The van der Waals surface area contributed by atoms with Gasteiger partial charge in [0, 0.05) is 10.0 Å². The Hall–Kier alpha value is -1.36. The zero-order chi connectivity index (χ0) is 9.68. The molecule has 0 atom stereocenters. The summed E-state index contributed by atoms with van der Waals surface area (Å²) in [7, 11) is 0. The molecule has 0 aliphatic carbocycles. The first-order valence-electron chi connectivity index (χ1n) is 3.43. The van der Waals surface area contributed by atoms with Gasteiger partial charge in [-0.05, 0) is 12.1 Å². The van der Waals surface area contributed by atoms with Crippen molar-refractivity contribution < 1.29 is 10.4 Å². The second kappa shape index (κ2) is 4.61. The van der Waals surface area contributed by atoms with E-state index in [2.05, 4.69) is 26.2 Å². The highest BCUT2D eigenvalue weighted by molar-refractivity contribution is 9.10. The highest BCUT2D eigenvalue weighted by Crippen LogP contribution is 2.10. The van der Waals surface area contributed by atoms with Crippen LogP contribution >= 0.6 is 15.9 Å². The molecule has 0 fully saturated rings. The number of halogens is 1. The van der Waals surface area contributed by atoms with Gasteiger partial charge in [-0.25, -0.2) is 0 Å². The molecule has 0 bridgehead atoms. The van der Waals surface area contributed by atoms with Crippen molar-refractivity contribution in [1.82, 2.24) is 0 Å². The van der Waals surface area contributed by atoms with Crippen molar-refractivity contribution in [3.05, 3.63) is 34.3 Å². The Morgan fingerprint density at radius 2 is 1.85 bits per heavy atom. The molecule has 0 radical (unpaired) electrons. The standard InChI is InChI=1S/C8H7BrN2O2/c9-7-3-1-6(2-4-7)8(11-13)5-10-12/h1-5,12-13H/b10-5+,11-8-. The molecule has 0 spiro atoms. The summed E-state index contributed by atoms with van der Waals surface area (Å²) in [6.45, 7) is 0. The molecule has 0 aliphatic heterocycles. The van der Waals surface area contributed by atoms with E-state index in [0.717, 1.165) is 10.7 Å². The van der Waals surface area contributed by atoms with Crippen LogP contribution in [0.5, 0.6) is 0 Å². The van der Waals surface area contributed by atoms with E-state index in [1.54, 1.807) is 24.3 Å². The second-order valence-electron chi connectivity index (χ2n) is 2.24. The predicted octanol–water partition coefficient (Wildman–Crippen LogP) is 2.09. The molecule has 2 N–H and O–H groups in total. The number of nitrogens with zero attached hydrogens (tertiary/aromatic N) is 2. The Morgan fingerprint density at radius 1 is 1.23 bits per heavy atom. The Labute approximate surface area is 83.3 Å². The van der Waals surface area contributed by atoms with Gasteiger partial charge >= 0.3 is 0 Å². The molecule has 0 saturated carbocycles. The van der Waals surface area contributed by atoms with Crippen molar-refractivity contribution in [3.63, 3.8) is 0 Å². The van der Waals surface area contributed by atoms with E-state index in [9.17, 15) is 0 Å². The summed E-state index contributed by atoms with van der Waals surface area (Å²) in [5, 5.41) is 22.6. The zero-order valence-electron chi connectivity index (χ0n) is 6.55. The van der Waals surface area contributed by atoms with E-state index in [0.29, 0.717) is 5.56 Å². The molecule has 68 valence electrons. The number of hydrogen-bond donors (Lipinski definition) is 2. The topological polar surface area (TPSA) is 65.2 Å².